The molecule has 2 heterocycles. The Morgan fingerprint density at radius 1 is 1.56 bits per heavy atom. The second-order valence-electron chi connectivity index (χ2n) is 4.02. The van der Waals surface area contributed by atoms with E-state index in [2.05, 4.69) is 40.9 Å². The van der Waals surface area contributed by atoms with E-state index in [0.29, 0.717) is 6.04 Å². The summed E-state index contributed by atoms with van der Waals surface area (Å²) in [6.07, 6.45) is 0. The minimum absolute atomic E-state index is 0.398. The summed E-state index contributed by atoms with van der Waals surface area (Å²) in [5.41, 5.74) is 2.30. The molecule has 0 unspecified atom stereocenters. The zero-order valence-electron chi connectivity index (χ0n) is 9.90. The van der Waals surface area contributed by atoms with Crippen molar-refractivity contribution in [2.24, 2.45) is 7.05 Å². The van der Waals surface area contributed by atoms with Gasteiger partial charge in [-0.1, -0.05) is 6.07 Å². The van der Waals surface area contributed by atoms with Gasteiger partial charge in [-0.2, -0.15) is 5.10 Å². The van der Waals surface area contributed by atoms with Crippen molar-refractivity contribution in [3.05, 3.63) is 39.8 Å². The molecule has 1 atom stereocenters. The van der Waals surface area contributed by atoms with Gasteiger partial charge >= 0.3 is 0 Å². The number of thiophene rings is 1. The van der Waals surface area contributed by atoms with E-state index in [1.807, 2.05) is 18.7 Å². The minimum Gasteiger partial charge on any atom is -0.304 e. The minimum atomic E-state index is 0.398. The maximum absolute atomic E-state index is 4.33. The van der Waals surface area contributed by atoms with Crippen molar-refractivity contribution in [1.82, 2.24) is 15.1 Å². The largest absolute Gasteiger partial charge is 0.304 e. The second-order valence-corrected chi connectivity index (χ2v) is 5.00. The molecule has 0 saturated heterocycles. The molecule has 1 N–H and O–H groups in total. The predicted molar refractivity (Wildman–Crippen MR) is 67.5 cm³/mol. The zero-order valence-corrected chi connectivity index (χ0v) is 10.7. The summed E-state index contributed by atoms with van der Waals surface area (Å²) in [6, 6.07) is 6.77. The van der Waals surface area contributed by atoms with Crippen LogP contribution in [0.25, 0.3) is 0 Å². The van der Waals surface area contributed by atoms with E-state index in [1.54, 1.807) is 11.3 Å². The van der Waals surface area contributed by atoms with Gasteiger partial charge in [-0.25, -0.2) is 0 Å². The molecule has 3 nitrogen and oxygen atoms in total. The van der Waals surface area contributed by atoms with E-state index >= 15 is 0 Å². The summed E-state index contributed by atoms with van der Waals surface area (Å²) in [5.74, 6) is 0. The van der Waals surface area contributed by atoms with Crippen LogP contribution in [0.2, 0.25) is 0 Å². The highest BCUT2D eigenvalue weighted by molar-refractivity contribution is 7.10. The van der Waals surface area contributed by atoms with Crippen LogP contribution in [0.3, 0.4) is 0 Å². The third kappa shape index (κ3) is 2.51. The van der Waals surface area contributed by atoms with E-state index in [1.165, 1.54) is 10.6 Å². The fraction of sp³-hybridized carbons (Fsp3) is 0.417. The molecule has 0 aliphatic heterocycles. The molecule has 4 heteroatoms. The Morgan fingerprint density at radius 2 is 2.38 bits per heavy atom. The SMILES string of the molecule is Cc1cc(CN[C@H](C)c2cccs2)n(C)n1. The summed E-state index contributed by atoms with van der Waals surface area (Å²) in [4.78, 5) is 1.37. The van der Waals surface area contributed by atoms with Crippen molar-refractivity contribution in [2.75, 3.05) is 0 Å². The Morgan fingerprint density at radius 3 is 2.94 bits per heavy atom. The predicted octanol–water partition coefficient (Wildman–Crippen LogP) is 2.64. The average molecular weight is 235 g/mol. The van der Waals surface area contributed by atoms with Gasteiger partial charge in [-0.05, 0) is 31.4 Å². The molecule has 2 aromatic rings. The summed E-state index contributed by atoms with van der Waals surface area (Å²) in [5, 5.41) is 9.95. The number of aromatic nitrogens is 2. The molecule has 2 rings (SSSR count). The van der Waals surface area contributed by atoms with Gasteiger partial charge in [-0.3, -0.25) is 4.68 Å². The number of rotatable bonds is 4. The van der Waals surface area contributed by atoms with Gasteiger partial charge < -0.3 is 5.32 Å². The van der Waals surface area contributed by atoms with E-state index in [0.717, 1.165) is 12.2 Å². The van der Waals surface area contributed by atoms with Crippen LogP contribution in [0.5, 0.6) is 0 Å². The lowest BCUT2D eigenvalue weighted by Crippen LogP contribution is -2.18. The number of hydrogen-bond acceptors (Lipinski definition) is 3. The first-order valence-corrected chi connectivity index (χ1v) is 6.31. The van der Waals surface area contributed by atoms with Crippen LogP contribution in [0.1, 0.15) is 29.2 Å². The molecule has 86 valence electrons. The molecule has 0 aromatic carbocycles. The highest BCUT2D eigenvalue weighted by Crippen LogP contribution is 2.18. The number of nitrogens with zero attached hydrogens (tertiary/aromatic N) is 2. The van der Waals surface area contributed by atoms with Crippen molar-refractivity contribution in [2.45, 2.75) is 26.4 Å². The first-order chi connectivity index (χ1) is 7.66. The van der Waals surface area contributed by atoms with Gasteiger partial charge in [0.05, 0.1) is 11.4 Å². The zero-order chi connectivity index (χ0) is 11.5. The molecular weight excluding hydrogens is 218 g/mol. The first-order valence-electron chi connectivity index (χ1n) is 5.43. The summed E-state index contributed by atoms with van der Waals surface area (Å²) in [6.45, 7) is 5.07. The van der Waals surface area contributed by atoms with Crippen LogP contribution in [0.4, 0.5) is 0 Å². The molecule has 16 heavy (non-hydrogen) atoms. The molecule has 0 saturated carbocycles. The maximum atomic E-state index is 4.33. The smallest absolute Gasteiger partial charge is 0.0597 e. The van der Waals surface area contributed by atoms with Crippen LogP contribution in [0, 0.1) is 6.92 Å². The van der Waals surface area contributed by atoms with Crippen LogP contribution in [-0.2, 0) is 13.6 Å². The van der Waals surface area contributed by atoms with E-state index in [-0.39, 0.29) is 0 Å². The molecule has 0 aliphatic rings. The van der Waals surface area contributed by atoms with Crippen molar-refractivity contribution in [1.29, 1.82) is 0 Å². The third-order valence-corrected chi connectivity index (χ3v) is 3.71. The fourth-order valence-corrected chi connectivity index (χ4v) is 2.48. The highest BCUT2D eigenvalue weighted by atomic mass is 32.1. The van der Waals surface area contributed by atoms with Crippen LogP contribution in [0.15, 0.2) is 23.6 Å². The van der Waals surface area contributed by atoms with Gasteiger partial charge in [0.25, 0.3) is 0 Å². The average Bonchev–Trinajstić information content (AvgIpc) is 2.84. The molecule has 0 radical (unpaired) electrons. The molecule has 0 spiro atoms. The van der Waals surface area contributed by atoms with Crippen LogP contribution < -0.4 is 5.32 Å². The molecular formula is C12H17N3S. The summed E-state index contributed by atoms with van der Waals surface area (Å²) in [7, 11) is 1.99. The molecule has 0 fully saturated rings. The standard InChI is InChI=1S/C12H17N3S/c1-9-7-11(15(3)14-9)8-13-10(2)12-5-4-6-16-12/h4-7,10,13H,8H2,1-3H3/t10-/m1/s1. The lowest BCUT2D eigenvalue weighted by Gasteiger charge is -2.11. The first kappa shape index (κ1) is 11.4. The third-order valence-electron chi connectivity index (χ3n) is 2.66. The lowest BCUT2D eigenvalue weighted by atomic mass is 10.2. The monoisotopic (exact) mass is 235 g/mol. The highest BCUT2D eigenvalue weighted by Gasteiger charge is 2.07. The second kappa shape index (κ2) is 4.80. The fourth-order valence-electron chi connectivity index (χ4n) is 1.73. The number of hydrogen-bond donors (Lipinski definition) is 1. The molecule has 2 aromatic heterocycles. The number of aryl methyl sites for hydroxylation is 2. The van der Waals surface area contributed by atoms with Gasteiger partial charge in [0.2, 0.25) is 0 Å². The van der Waals surface area contributed by atoms with Gasteiger partial charge in [0.1, 0.15) is 0 Å². The normalized spacial score (nSPS) is 12.9. The van der Waals surface area contributed by atoms with Crippen molar-refractivity contribution < 1.29 is 0 Å². The van der Waals surface area contributed by atoms with Crippen molar-refractivity contribution >= 4 is 11.3 Å². The lowest BCUT2D eigenvalue weighted by molar-refractivity contribution is 0.554. The Labute approximate surface area is 100 Å². The Bertz CT molecular complexity index is 445. The summed E-state index contributed by atoms with van der Waals surface area (Å²) >= 11 is 1.79. The van der Waals surface area contributed by atoms with Crippen LogP contribution >= 0.6 is 11.3 Å². The quantitative estimate of drug-likeness (QED) is 0.883. The Balaban J connectivity index is 1.95. The van der Waals surface area contributed by atoms with Crippen LogP contribution in [-0.4, -0.2) is 9.78 Å². The molecule has 0 bridgehead atoms. The Kier molecular flexibility index (Phi) is 3.41. The van der Waals surface area contributed by atoms with Gasteiger partial charge in [0.15, 0.2) is 0 Å². The number of nitrogens with one attached hydrogen (secondary N) is 1. The molecule has 0 aliphatic carbocycles. The topological polar surface area (TPSA) is 29.9 Å². The Hall–Kier alpha value is -1.13. The summed E-state index contributed by atoms with van der Waals surface area (Å²) < 4.78 is 1.93. The van der Waals surface area contributed by atoms with E-state index in [9.17, 15) is 0 Å². The molecule has 0 amide bonds. The van der Waals surface area contributed by atoms with E-state index in [4.69, 9.17) is 0 Å². The van der Waals surface area contributed by atoms with E-state index < -0.39 is 0 Å². The van der Waals surface area contributed by atoms with Crippen molar-refractivity contribution in [3.63, 3.8) is 0 Å². The van der Waals surface area contributed by atoms with Gasteiger partial charge in [-0.15, -0.1) is 11.3 Å². The maximum Gasteiger partial charge on any atom is 0.0597 e. The van der Waals surface area contributed by atoms with Crippen molar-refractivity contribution in [3.8, 4) is 0 Å². The van der Waals surface area contributed by atoms with Gasteiger partial charge in [0, 0.05) is 24.5 Å².